The summed E-state index contributed by atoms with van der Waals surface area (Å²) < 4.78 is 6.71. The van der Waals surface area contributed by atoms with Crippen LogP contribution < -0.4 is 10.6 Å². The zero-order chi connectivity index (χ0) is 20.6. The lowest BCUT2D eigenvalue weighted by molar-refractivity contribution is -0.124. The van der Waals surface area contributed by atoms with Crippen LogP contribution >= 0.6 is 0 Å². The molecule has 0 atom stereocenters. The molecule has 0 aliphatic heterocycles. The standard InChI is InChI=1S/C22H26N4O3/c1-3-16-8-10-17(11-9-16)24-21(27)14-26-19-7-5-4-6-18(19)25-20(26)12-13-23-22(28)15-29-2/h4-11H,3,12-15H2,1-2H3,(H,23,28)(H,24,27). The average molecular weight is 394 g/mol. The van der Waals surface area contributed by atoms with E-state index < -0.39 is 0 Å². The van der Waals surface area contributed by atoms with Crippen LogP contribution in [-0.2, 0) is 33.7 Å². The Bertz CT molecular complexity index is 979. The number of hydrogen-bond donors (Lipinski definition) is 2. The van der Waals surface area contributed by atoms with Crippen LogP contribution in [0.4, 0.5) is 5.69 Å². The molecule has 2 amide bonds. The van der Waals surface area contributed by atoms with Gasteiger partial charge < -0.3 is 19.9 Å². The molecule has 0 fully saturated rings. The van der Waals surface area contributed by atoms with Gasteiger partial charge in [-0.25, -0.2) is 4.98 Å². The van der Waals surface area contributed by atoms with Gasteiger partial charge in [-0.2, -0.15) is 0 Å². The molecule has 0 saturated heterocycles. The van der Waals surface area contributed by atoms with Crippen LogP contribution in [0.1, 0.15) is 18.3 Å². The summed E-state index contributed by atoms with van der Waals surface area (Å²) in [6.07, 6.45) is 1.47. The quantitative estimate of drug-likeness (QED) is 0.584. The van der Waals surface area contributed by atoms with Gasteiger partial charge in [0.1, 0.15) is 19.0 Å². The molecule has 0 bridgehead atoms. The second-order valence-corrected chi connectivity index (χ2v) is 6.73. The van der Waals surface area contributed by atoms with E-state index in [1.165, 1.54) is 12.7 Å². The molecule has 7 heteroatoms. The molecule has 1 heterocycles. The lowest BCUT2D eigenvalue weighted by atomic mass is 10.1. The van der Waals surface area contributed by atoms with Crippen LogP contribution in [0.5, 0.6) is 0 Å². The maximum atomic E-state index is 12.7. The fraction of sp³-hybridized carbons (Fsp3) is 0.318. The van der Waals surface area contributed by atoms with Gasteiger partial charge in [0, 0.05) is 25.8 Å². The van der Waals surface area contributed by atoms with Gasteiger partial charge in [-0.3, -0.25) is 9.59 Å². The maximum Gasteiger partial charge on any atom is 0.245 e. The molecule has 3 aromatic rings. The first-order valence-corrected chi connectivity index (χ1v) is 9.69. The molecule has 0 unspecified atom stereocenters. The van der Waals surface area contributed by atoms with Crippen molar-refractivity contribution in [1.82, 2.24) is 14.9 Å². The smallest absolute Gasteiger partial charge is 0.245 e. The van der Waals surface area contributed by atoms with Crippen LogP contribution in [0.2, 0.25) is 0 Å². The van der Waals surface area contributed by atoms with Crippen molar-refractivity contribution in [2.45, 2.75) is 26.3 Å². The van der Waals surface area contributed by atoms with Crippen LogP contribution in [0.25, 0.3) is 11.0 Å². The Balaban J connectivity index is 1.72. The molecule has 29 heavy (non-hydrogen) atoms. The van der Waals surface area contributed by atoms with Crippen LogP contribution in [0.3, 0.4) is 0 Å². The van der Waals surface area contributed by atoms with E-state index in [4.69, 9.17) is 4.74 Å². The van der Waals surface area contributed by atoms with Crippen molar-refractivity contribution in [3.8, 4) is 0 Å². The minimum atomic E-state index is -0.177. The minimum absolute atomic E-state index is 0.0235. The number of para-hydroxylation sites is 2. The lowest BCUT2D eigenvalue weighted by Gasteiger charge is -2.11. The number of benzene rings is 2. The number of anilines is 1. The molecule has 0 aliphatic carbocycles. The van der Waals surface area contributed by atoms with Crippen molar-refractivity contribution in [3.63, 3.8) is 0 Å². The number of rotatable bonds is 9. The van der Waals surface area contributed by atoms with Crippen LogP contribution in [0, 0.1) is 0 Å². The molecule has 2 aromatic carbocycles. The molecule has 7 nitrogen and oxygen atoms in total. The van der Waals surface area contributed by atoms with E-state index >= 15 is 0 Å². The first-order chi connectivity index (χ1) is 14.1. The highest BCUT2D eigenvalue weighted by atomic mass is 16.5. The first kappa shape index (κ1) is 20.5. The van der Waals surface area contributed by atoms with Gasteiger partial charge in [0.15, 0.2) is 0 Å². The summed E-state index contributed by atoms with van der Waals surface area (Å²) in [4.78, 5) is 28.9. The van der Waals surface area contributed by atoms with Crippen molar-refractivity contribution >= 4 is 28.5 Å². The van der Waals surface area contributed by atoms with Crippen molar-refractivity contribution in [3.05, 3.63) is 59.9 Å². The van der Waals surface area contributed by atoms with E-state index in [2.05, 4.69) is 22.5 Å². The van der Waals surface area contributed by atoms with Gasteiger partial charge in [0.25, 0.3) is 0 Å². The number of aromatic nitrogens is 2. The van der Waals surface area contributed by atoms with Crippen LogP contribution in [0.15, 0.2) is 48.5 Å². The fourth-order valence-corrected chi connectivity index (χ4v) is 3.16. The Labute approximate surface area is 170 Å². The number of carbonyl (C=O) groups excluding carboxylic acids is 2. The third kappa shape index (κ3) is 5.42. The van der Waals surface area contributed by atoms with E-state index in [0.29, 0.717) is 13.0 Å². The summed E-state index contributed by atoms with van der Waals surface area (Å²) in [5, 5.41) is 5.73. The fourth-order valence-electron chi connectivity index (χ4n) is 3.16. The highest BCUT2D eigenvalue weighted by molar-refractivity contribution is 5.91. The van der Waals surface area contributed by atoms with Crippen molar-refractivity contribution in [2.24, 2.45) is 0 Å². The Kier molecular flexibility index (Phi) is 6.97. The topological polar surface area (TPSA) is 85.2 Å². The number of imidazole rings is 1. The number of methoxy groups -OCH3 is 1. The first-order valence-electron chi connectivity index (χ1n) is 9.69. The molecular formula is C22H26N4O3. The summed E-state index contributed by atoms with van der Waals surface area (Å²) in [5.74, 6) is 0.450. The van der Waals surface area contributed by atoms with Gasteiger partial charge in [-0.15, -0.1) is 0 Å². The second kappa shape index (κ2) is 9.84. The van der Waals surface area contributed by atoms with Gasteiger partial charge in [-0.1, -0.05) is 31.2 Å². The zero-order valence-corrected chi connectivity index (χ0v) is 16.8. The molecule has 0 saturated carbocycles. The molecule has 2 N–H and O–H groups in total. The van der Waals surface area contributed by atoms with E-state index in [0.717, 1.165) is 29.0 Å². The Morgan fingerprint density at radius 3 is 2.55 bits per heavy atom. The number of ether oxygens (including phenoxy) is 1. The Morgan fingerprint density at radius 2 is 1.83 bits per heavy atom. The molecule has 0 aliphatic rings. The number of carbonyl (C=O) groups is 2. The highest BCUT2D eigenvalue weighted by Gasteiger charge is 2.14. The molecular weight excluding hydrogens is 368 g/mol. The van der Waals surface area contributed by atoms with Gasteiger partial charge >= 0.3 is 0 Å². The summed E-state index contributed by atoms with van der Waals surface area (Å²) in [6, 6.07) is 15.5. The number of amides is 2. The normalized spacial score (nSPS) is 10.8. The van der Waals surface area contributed by atoms with Gasteiger partial charge in [0.2, 0.25) is 11.8 Å². The Morgan fingerprint density at radius 1 is 1.07 bits per heavy atom. The minimum Gasteiger partial charge on any atom is -0.375 e. The largest absolute Gasteiger partial charge is 0.375 e. The second-order valence-electron chi connectivity index (χ2n) is 6.73. The predicted molar refractivity (Wildman–Crippen MR) is 113 cm³/mol. The number of aryl methyl sites for hydroxylation is 1. The predicted octanol–water partition coefficient (Wildman–Crippen LogP) is 2.54. The third-order valence-electron chi connectivity index (χ3n) is 4.63. The van der Waals surface area contributed by atoms with E-state index in [1.54, 1.807) is 0 Å². The van der Waals surface area contributed by atoms with Crippen LogP contribution in [-0.4, -0.2) is 41.6 Å². The molecule has 0 radical (unpaired) electrons. The van der Waals surface area contributed by atoms with Crippen molar-refractivity contribution in [1.29, 1.82) is 0 Å². The lowest BCUT2D eigenvalue weighted by Crippen LogP contribution is -2.30. The maximum absolute atomic E-state index is 12.7. The summed E-state index contributed by atoms with van der Waals surface area (Å²) >= 11 is 0. The highest BCUT2D eigenvalue weighted by Crippen LogP contribution is 2.17. The van der Waals surface area contributed by atoms with E-state index in [1.807, 2.05) is 53.1 Å². The van der Waals surface area contributed by atoms with Gasteiger partial charge in [0.05, 0.1) is 11.0 Å². The average Bonchev–Trinajstić information content (AvgIpc) is 3.06. The third-order valence-corrected chi connectivity index (χ3v) is 4.63. The zero-order valence-electron chi connectivity index (χ0n) is 16.8. The summed E-state index contributed by atoms with van der Waals surface area (Å²) in [6.45, 7) is 2.69. The molecule has 3 rings (SSSR count). The monoisotopic (exact) mass is 394 g/mol. The van der Waals surface area contributed by atoms with Gasteiger partial charge in [-0.05, 0) is 36.2 Å². The molecule has 152 valence electrons. The molecule has 0 spiro atoms. The van der Waals surface area contributed by atoms with E-state index in [9.17, 15) is 9.59 Å². The van der Waals surface area contributed by atoms with Crippen molar-refractivity contribution < 1.29 is 14.3 Å². The number of fused-ring (bicyclic) bond motifs is 1. The van der Waals surface area contributed by atoms with E-state index in [-0.39, 0.29) is 25.0 Å². The number of hydrogen-bond acceptors (Lipinski definition) is 4. The molecule has 1 aromatic heterocycles. The summed E-state index contributed by atoms with van der Waals surface area (Å²) in [5.41, 5.74) is 3.71. The summed E-state index contributed by atoms with van der Waals surface area (Å²) in [7, 11) is 1.48. The van der Waals surface area contributed by atoms with Crippen molar-refractivity contribution in [2.75, 3.05) is 25.6 Å². The SMILES string of the molecule is CCc1ccc(NC(=O)Cn2c(CCNC(=O)COC)nc3ccccc32)cc1. The number of nitrogens with zero attached hydrogens (tertiary/aromatic N) is 2. The number of nitrogens with one attached hydrogen (secondary N) is 2. The Hall–Kier alpha value is -3.19.